The quantitative estimate of drug-likeness (QED) is 0.340. The van der Waals surface area contributed by atoms with Gasteiger partial charge in [0.15, 0.2) is 0 Å². The van der Waals surface area contributed by atoms with Gasteiger partial charge in [-0.1, -0.05) is 0 Å². The number of hydrogen-bond donors (Lipinski definition) is 0. The van der Waals surface area contributed by atoms with Crippen LogP contribution in [-0.4, -0.2) is 29.6 Å². The summed E-state index contributed by atoms with van der Waals surface area (Å²) >= 11 is -3.58. The monoisotopic (exact) mass is 500 g/mol. The van der Waals surface area contributed by atoms with Gasteiger partial charge in [-0.3, -0.25) is 0 Å². The van der Waals surface area contributed by atoms with Crippen LogP contribution in [0.5, 0.6) is 0 Å². The van der Waals surface area contributed by atoms with Crippen molar-refractivity contribution in [1.82, 2.24) is 0 Å². The molecule has 0 heterocycles. The summed E-state index contributed by atoms with van der Waals surface area (Å²) in [6, 6.07) is 44.1. The third-order valence-electron chi connectivity index (χ3n) is 6.15. The summed E-state index contributed by atoms with van der Waals surface area (Å²) in [5, 5.41) is 0. The van der Waals surface area contributed by atoms with Crippen LogP contribution in [0.1, 0.15) is 18.4 Å². The van der Waals surface area contributed by atoms with Gasteiger partial charge >= 0.3 is 185 Å². The number of benzene rings is 4. The predicted octanol–water partition coefficient (Wildman–Crippen LogP) is 4.51. The van der Waals surface area contributed by atoms with Gasteiger partial charge in [0.1, 0.15) is 0 Å². The molecule has 0 N–H and O–H groups in total. The number of ether oxygens (including phenoxy) is 1. The van der Waals surface area contributed by atoms with Crippen molar-refractivity contribution >= 4 is 29.1 Å². The van der Waals surface area contributed by atoms with E-state index in [1.54, 1.807) is 0 Å². The Morgan fingerprint density at radius 3 is 1.20 bits per heavy atom. The number of hydrogen-bond acceptors (Lipinski definition) is 1. The van der Waals surface area contributed by atoms with Crippen LogP contribution in [0.4, 0.5) is 0 Å². The summed E-state index contributed by atoms with van der Waals surface area (Å²) in [6.45, 7) is 2.32. The van der Waals surface area contributed by atoms with Crippen molar-refractivity contribution < 1.29 is 4.74 Å². The van der Waals surface area contributed by atoms with Crippen LogP contribution < -0.4 is 10.7 Å². The van der Waals surface area contributed by atoms with Crippen LogP contribution in [0.25, 0.3) is 0 Å². The Labute approximate surface area is 184 Å². The van der Waals surface area contributed by atoms with Crippen LogP contribution >= 0.6 is 0 Å². The van der Waals surface area contributed by atoms with E-state index in [2.05, 4.69) is 128 Å². The molecular formula is C28H28OSn. The van der Waals surface area contributed by atoms with E-state index in [-0.39, 0.29) is 10.0 Å². The van der Waals surface area contributed by atoms with E-state index >= 15 is 0 Å². The van der Waals surface area contributed by atoms with Gasteiger partial charge in [-0.25, -0.2) is 0 Å². The Balaban J connectivity index is 2.03. The molecule has 4 rings (SSSR count). The molecule has 0 unspecified atom stereocenters. The summed E-state index contributed by atoms with van der Waals surface area (Å²) in [4.78, 5) is 0. The topological polar surface area (TPSA) is 9.23 Å². The molecule has 0 fully saturated rings. The summed E-state index contributed by atoms with van der Waals surface area (Å²) in [5.41, 5.74) is 1.33. The fourth-order valence-electron chi connectivity index (χ4n) is 4.78. The van der Waals surface area contributed by atoms with Crippen LogP contribution in [0, 0.1) is 0 Å². The average molecular weight is 499 g/mol. The third kappa shape index (κ3) is 3.84. The Bertz CT molecular complexity index is 936. The fourth-order valence-corrected chi connectivity index (χ4v) is 20.3. The van der Waals surface area contributed by atoms with Gasteiger partial charge in [0, 0.05) is 0 Å². The standard InChI is InChI=1S/C10H13O.3C6H5.Sn/c1-9(8-11-2)10-6-4-3-5-7-10;3*1-2-4-6-5-3-1;/h3-9H,1-2H3;3*1-5H;/t9-;;;;/m0..../s1. The summed E-state index contributed by atoms with van der Waals surface area (Å²) < 4.78 is 10.9. The normalized spacial score (nSPS) is 13.5. The van der Waals surface area contributed by atoms with E-state index in [0.717, 1.165) is 0 Å². The van der Waals surface area contributed by atoms with Gasteiger partial charge in [-0.05, 0) is 0 Å². The molecule has 0 bridgehead atoms. The summed E-state index contributed by atoms with van der Waals surface area (Å²) in [5.74, 6) is 0.271. The fraction of sp³-hybridized carbons (Fsp3) is 0.143. The zero-order valence-corrected chi connectivity index (χ0v) is 20.5. The van der Waals surface area contributed by atoms with Crippen molar-refractivity contribution in [1.29, 1.82) is 0 Å². The van der Waals surface area contributed by atoms with Crippen molar-refractivity contribution in [3.05, 3.63) is 127 Å². The van der Waals surface area contributed by atoms with Crippen molar-refractivity contribution in [2.24, 2.45) is 0 Å². The molecule has 0 saturated heterocycles. The third-order valence-corrected chi connectivity index (χ3v) is 21.3. The minimum atomic E-state index is -3.58. The maximum absolute atomic E-state index is 6.49. The van der Waals surface area contributed by atoms with E-state index < -0.39 is 18.4 Å². The van der Waals surface area contributed by atoms with Crippen LogP contribution in [0.15, 0.2) is 121 Å². The van der Waals surface area contributed by atoms with Crippen LogP contribution in [0.2, 0.25) is 0 Å². The Hall–Kier alpha value is -2.36. The molecule has 30 heavy (non-hydrogen) atoms. The number of methoxy groups -OCH3 is 1. The Kier molecular flexibility index (Phi) is 6.71. The average Bonchev–Trinajstić information content (AvgIpc) is 2.84. The van der Waals surface area contributed by atoms with E-state index in [9.17, 15) is 0 Å². The first kappa shape index (κ1) is 20.9. The zero-order chi connectivity index (χ0) is 20.8. The van der Waals surface area contributed by atoms with E-state index in [4.69, 9.17) is 4.74 Å². The van der Waals surface area contributed by atoms with Crippen molar-refractivity contribution in [2.45, 2.75) is 17.0 Å². The molecule has 0 spiro atoms. The van der Waals surface area contributed by atoms with E-state index in [0.29, 0.717) is 0 Å². The molecule has 0 aliphatic carbocycles. The van der Waals surface area contributed by atoms with Crippen LogP contribution in [0.3, 0.4) is 0 Å². The first-order valence-electron chi connectivity index (χ1n) is 10.5. The molecule has 2 heteroatoms. The molecule has 4 aromatic rings. The van der Waals surface area contributed by atoms with Crippen molar-refractivity contribution in [2.75, 3.05) is 7.11 Å². The van der Waals surface area contributed by atoms with Gasteiger partial charge in [0.05, 0.1) is 0 Å². The SMILES string of the molecule is CO[C@H]([C@H](C)c1ccccc1)[Sn]([c]1ccccc1)([c]1ccccc1)[c]1ccccc1. The molecule has 0 radical (unpaired) electrons. The zero-order valence-electron chi connectivity index (χ0n) is 17.6. The van der Waals surface area contributed by atoms with Gasteiger partial charge in [0.2, 0.25) is 0 Å². The maximum atomic E-state index is 6.49. The molecule has 0 amide bonds. The summed E-state index contributed by atoms with van der Waals surface area (Å²) in [6.07, 6.45) is 0. The Morgan fingerprint density at radius 1 is 0.533 bits per heavy atom. The second-order valence-electron chi connectivity index (χ2n) is 7.76. The molecule has 0 saturated carbocycles. The molecular weight excluding hydrogens is 471 g/mol. The molecule has 150 valence electrons. The van der Waals surface area contributed by atoms with Crippen molar-refractivity contribution in [3.63, 3.8) is 0 Å². The van der Waals surface area contributed by atoms with Gasteiger partial charge in [-0.2, -0.15) is 0 Å². The first-order valence-corrected chi connectivity index (χ1v) is 16.5. The van der Waals surface area contributed by atoms with Gasteiger partial charge in [-0.15, -0.1) is 0 Å². The first-order chi connectivity index (χ1) is 14.8. The van der Waals surface area contributed by atoms with Gasteiger partial charge in [0.25, 0.3) is 0 Å². The van der Waals surface area contributed by atoms with Crippen molar-refractivity contribution in [3.8, 4) is 0 Å². The molecule has 0 aromatic heterocycles. The second-order valence-corrected chi connectivity index (χ2v) is 18.9. The second kappa shape index (κ2) is 9.63. The number of rotatable bonds is 7. The van der Waals surface area contributed by atoms with E-state index in [1.807, 2.05) is 7.11 Å². The summed E-state index contributed by atoms with van der Waals surface area (Å²) in [7, 11) is 1.89. The van der Waals surface area contributed by atoms with E-state index in [1.165, 1.54) is 16.3 Å². The van der Waals surface area contributed by atoms with Crippen LogP contribution in [-0.2, 0) is 4.74 Å². The van der Waals surface area contributed by atoms with Gasteiger partial charge < -0.3 is 0 Å². The molecule has 1 nitrogen and oxygen atoms in total. The Morgan fingerprint density at radius 2 is 0.867 bits per heavy atom. The molecule has 0 aliphatic rings. The molecule has 0 aliphatic heterocycles. The minimum absolute atomic E-state index is 0.105. The molecule has 4 aromatic carbocycles. The predicted molar refractivity (Wildman–Crippen MR) is 130 cm³/mol. The molecule has 2 atom stereocenters.